The summed E-state index contributed by atoms with van der Waals surface area (Å²) in [6, 6.07) is 0. The Labute approximate surface area is 295 Å². The first-order valence-corrected chi connectivity index (χ1v) is 18.8. The number of hydrogen-bond acceptors (Lipinski definition) is 6. The van der Waals surface area contributed by atoms with Gasteiger partial charge in [0, 0.05) is 28.2 Å². The molecule has 0 aliphatic rings. The summed E-state index contributed by atoms with van der Waals surface area (Å²) in [5.74, 6) is 0. The Kier molecular flexibility index (Phi) is 13.2. The smallest absolute Gasteiger partial charge is 0.328 e. The molecule has 0 spiro atoms. The Morgan fingerprint density at radius 2 is 0.820 bits per heavy atom. The molecule has 50 heavy (non-hydrogen) atoms. The van der Waals surface area contributed by atoms with Gasteiger partial charge in [0.1, 0.15) is 0 Å². The maximum atomic E-state index is 13.2. The van der Waals surface area contributed by atoms with Crippen LogP contribution < -0.4 is 22.5 Å². The Morgan fingerprint density at radius 3 is 1.14 bits per heavy atom. The normalized spacial score (nSPS) is 12.6. The van der Waals surface area contributed by atoms with Crippen LogP contribution in [0.25, 0.3) is 22.3 Å². The fourth-order valence-corrected chi connectivity index (χ4v) is 7.70. The highest BCUT2D eigenvalue weighted by Gasteiger charge is 2.26. The molecule has 4 aromatic heterocycles. The van der Waals surface area contributed by atoms with E-state index in [-0.39, 0.29) is 22.5 Å². The van der Waals surface area contributed by atoms with Crippen LogP contribution in [-0.2, 0) is 41.3 Å². The van der Waals surface area contributed by atoms with Crippen molar-refractivity contribution in [1.82, 2.24) is 37.4 Å². The molecule has 14 nitrogen and oxygen atoms in total. The van der Waals surface area contributed by atoms with Crippen molar-refractivity contribution in [1.29, 1.82) is 0 Å². The molecule has 4 heterocycles. The van der Waals surface area contributed by atoms with Crippen molar-refractivity contribution < 1.29 is 8.97 Å². The fourth-order valence-electron chi connectivity index (χ4n) is 7.70. The molecule has 4 aromatic rings. The summed E-state index contributed by atoms with van der Waals surface area (Å²) in [7, 11) is 6.94. The van der Waals surface area contributed by atoms with Gasteiger partial charge in [-0.05, 0) is 53.4 Å². The third kappa shape index (κ3) is 8.06. The zero-order valence-corrected chi connectivity index (χ0v) is 32.0. The van der Waals surface area contributed by atoms with E-state index in [1.54, 1.807) is 50.0 Å². The van der Waals surface area contributed by atoms with Crippen molar-refractivity contribution >= 4 is 22.3 Å². The summed E-state index contributed by atoms with van der Waals surface area (Å²) in [5.41, 5.74) is 0.669. The van der Waals surface area contributed by atoms with E-state index in [9.17, 15) is 19.2 Å². The van der Waals surface area contributed by atoms with E-state index in [0.29, 0.717) is 35.4 Å². The van der Waals surface area contributed by atoms with Crippen molar-refractivity contribution in [2.45, 2.75) is 92.2 Å². The molecule has 0 saturated heterocycles. The summed E-state index contributed by atoms with van der Waals surface area (Å²) in [5, 5.41) is 0. The van der Waals surface area contributed by atoms with Crippen LogP contribution in [0.2, 0.25) is 0 Å². The van der Waals surface area contributed by atoms with Gasteiger partial charge in [-0.1, -0.05) is 25.7 Å². The van der Waals surface area contributed by atoms with Crippen molar-refractivity contribution in [3.8, 4) is 0 Å². The molecule has 0 radical (unpaired) electrons. The van der Waals surface area contributed by atoms with Gasteiger partial charge in [-0.2, -0.15) is 0 Å². The largest absolute Gasteiger partial charge is 0.332 e. The molecule has 14 heteroatoms. The second kappa shape index (κ2) is 17.0. The number of hydrogen-bond donors (Lipinski definition) is 0. The average Bonchev–Trinajstić information content (AvgIpc) is 3.71. The number of aromatic nitrogens is 8. The predicted molar refractivity (Wildman–Crippen MR) is 200 cm³/mol. The lowest BCUT2D eigenvalue weighted by molar-refractivity contribution is -0.925. The predicted octanol–water partition coefficient (Wildman–Crippen LogP) is 2.72. The van der Waals surface area contributed by atoms with Crippen LogP contribution in [0.5, 0.6) is 0 Å². The Hall–Kier alpha value is -3.78. The first kappa shape index (κ1) is 39.0. The van der Waals surface area contributed by atoms with E-state index < -0.39 is 0 Å². The van der Waals surface area contributed by atoms with Gasteiger partial charge >= 0.3 is 11.4 Å². The molecule has 0 saturated carbocycles. The highest BCUT2D eigenvalue weighted by atomic mass is 16.2. The minimum atomic E-state index is -0.302. The molecular formula is C36H62N10O4+2. The maximum absolute atomic E-state index is 13.2. The monoisotopic (exact) mass is 698 g/mol. The zero-order chi connectivity index (χ0) is 36.6. The van der Waals surface area contributed by atoms with E-state index >= 15 is 0 Å². The maximum Gasteiger partial charge on any atom is 0.332 e. The third-order valence-electron chi connectivity index (χ3n) is 11.7. The van der Waals surface area contributed by atoms with Crippen LogP contribution in [-0.4, -0.2) is 98.7 Å². The zero-order valence-electron chi connectivity index (χ0n) is 32.0. The molecule has 0 bridgehead atoms. The number of likely N-dealkylation sites (N-methyl/N-ethyl adjacent to an activating group) is 2. The van der Waals surface area contributed by atoms with E-state index in [1.807, 2.05) is 0 Å². The van der Waals surface area contributed by atoms with Crippen molar-refractivity contribution in [2.75, 3.05) is 52.4 Å². The summed E-state index contributed by atoms with van der Waals surface area (Å²) in [6.45, 7) is 17.2. The van der Waals surface area contributed by atoms with Crippen molar-refractivity contribution in [2.24, 2.45) is 28.2 Å². The Morgan fingerprint density at radius 1 is 0.500 bits per heavy atom. The number of aryl methyl sites for hydroxylation is 4. The molecule has 0 amide bonds. The van der Waals surface area contributed by atoms with Gasteiger partial charge in [0.15, 0.2) is 22.3 Å². The van der Waals surface area contributed by atoms with Crippen LogP contribution in [0, 0.1) is 0 Å². The van der Waals surface area contributed by atoms with Crippen LogP contribution in [0.15, 0.2) is 31.8 Å². The standard InChI is InChI=1S/C36H62N10O4/c1-9-45(10-2,25-21-43-33(47)29-31(37-27-39(29)5)41(7)35(43)49)23-19-17-15-13-14-16-18-20-24-46(11-3,12-4)26-22-44-34(48)30-32(38-28-40(30)6)42(8)36(44)50/h27-28H,9-26H2,1-8H3/q+2. The van der Waals surface area contributed by atoms with Crippen molar-refractivity contribution in [3.63, 3.8) is 0 Å². The Bertz CT molecular complexity index is 1820. The molecule has 0 aromatic carbocycles. The quantitative estimate of drug-likeness (QED) is 0.0975. The molecule has 0 aliphatic heterocycles. The lowest BCUT2D eigenvalue weighted by Crippen LogP contribution is -2.52. The molecule has 0 atom stereocenters. The number of nitrogens with zero attached hydrogens (tertiary/aromatic N) is 10. The second-order valence-electron chi connectivity index (χ2n) is 14.3. The van der Waals surface area contributed by atoms with Gasteiger partial charge in [0.2, 0.25) is 0 Å². The molecule has 0 N–H and O–H groups in total. The van der Waals surface area contributed by atoms with Gasteiger partial charge < -0.3 is 18.1 Å². The van der Waals surface area contributed by atoms with Crippen LogP contribution >= 0.6 is 0 Å². The molecule has 4 rings (SSSR count). The molecule has 0 aliphatic carbocycles. The summed E-state index contributed by atoms with van der Waals surface area (Å²) < 4.78 is 10.9. The number of quaternary nitrogens is 2. The topological polar surface area (TPSA) is 124 Å². The number of unbranched alkanes of at least 4 members (excludes halogenated alkanes) is 7. The summed E-state index contributed by atoms with van der Waals surface area (Å²) in [6.07, 6.45) is 12.7. The lowest BCUT2D eigenvalue weighted by Gasteiger charge is -2.37. The van der Waals surface area contributed by atoms with Crippen LogP contribution in [0.1, 0.15) is 79.1 Å². The lowest BCUT2D eigenvalue weighted by atomic mass is 10.1. The number of imidazole rings is 2. The second-order valence-corrected chi connectivity index (χ2v) is 14.3. The first-order chi connectivity index (χ1) is 23.9. The van der Waals surface area contributed by atoms with Crippen LogP contribution in [0.4, 0.5) is 0 Å². The van der Waals surface area contributed by atoms with Gasteiger partial charge in [0.05, 0.1) is 78.1 Å². The van der Waals surface area contributed by atoms with E-state index in [1.165, 1.54) is 56.8 Å². The molecule has 0 unspecified atom stereocenters. The van der Waals surface area contributed by atoms with Gasteiger partial charge in [-0.15, -0.1) is 0 Å². The minimum absolute atomic E-state index is 0.259. The van der Waals surface area contributed by atoms with E-state index in [2.05, 4.69) is 37.7 Å². The van der Waals surface area contributed by atoms with E-state index in [0.717, 1.165) is 74.2 Å². The van der Waals surface area contributed by atoms with Gasteiger partial charge in [0.25, 0.3) is 11.1 Å². The highest BCUT2D eigenvalue weighted by Crippen LogP contribution is 2.16. The molecular weight excluding hydrogens is 636 g/mol. The summed E-state index contributed by atoms with van der Waals surface area (Å²) in [4.78, 5) is 60.9. The fraction of sp³-hybridized carbons (Fsp3) is 0.722. The summed E-state index contributed by atoms with van der Waals surface area (Å²) >= 11 is 0. The van der Waals surface area contributed by atoms with E-state index in [4.69, 9.17) is 0 Å². The number of rotatable bonds is 21. The molecule has 0 fully saturated rings. The number of fused-ring (bicyclic) bond motifs is 2. The van der Waals surface area contributed by atoms with Crippen molar-refractivity contribution in [3.05, 3.63) is 54.3 Å². The van der Waals surface area contributed by atoms with Crippen LogP contribution in [0.3, 0.4) is 0 Å². The third-order valence-corrected chi connectivity index (χ3v) is 11.7. The highest BCUT2D eigenvalue weighted by molar-refractivity contribution is 5.70. The first-order valence-electron chi connectivity index (χ1n) is 18.8. The van der Waals surface area contributed by atoms with Gasteiger partial charge in [-0.25, -0.2) is 19.6 Å². The van der Waals surface area contributed by atoms with Gasteiger partial charge in [-0.3, -0.25) is 27.9 Å². The SMILES string of the molecule is CC[N+](CC)(CCCCCCCCCC[N+](CC)(CC)CCn1c(=O)c2c(ncn2C)n(C)c1=O)CCn1c(=O)c2c(ncn2C)n(C)c1=O. The average molecular weight is 699 g/mol. The Balaban J connectivity index is 1.18. The minimum Gasteiger partial charge on any atom is -0.328 e. The molecule has 278 valence electrons.